The van der Waals surface area contributed by atoms with Gasteiger partial charge in [0.15, 0.2) is 0 Å². The zero-order valence-corrected chi connectivity index (χ0v) is 11.4. The third kappa shape index (κ3) is 3.74. The number of amides is 1. The Labute approximate surface area is 120 Å². The van der Waals surface area contributed by atoms with E-state index in [1.165, 1.54) is 12.8 Å². The van der Waals surface area contributed by atoms with Crippen molar-refractivity contribution < 1.29 is 18.5 Å². The van der Waals surface area contributed by atoms with E-state index in [9.17, 15) is 23.7 Å². The highest BCUT2D eigenvalue weighted by Gasteiger charge is 2.22. The van der Waals surface area contributed by atoms with E-state index in [1.54, 1.807) is 0 Å². The van der Waals surface area contributed by atoms with Crippen molar-refractivity contribution in [1.29, 1.82) is 0 Å². The van der Waals surface area contributed by atoms with Gasteiger partial charge in [-0.05, 0) is 18.4 Å². The van der Waals surface area contributed by atoms with Crippen LogP contribution in [-0.2, 0) is 0 Å². The number of nitrogens with zero attached hydrogens (tertiary/aromatic N) is 1. The zero-order valence-electron chi connectivity index (χ0n) is 11.4. The fourth-order valence-corrected chi connectivity index (χ4v) is 2.63. The molecule has 1 aliphatic carbocycles. The number of benzene rings is 1. The van der Waals surface area contributed by atoms with Crippen LogP contribution in [0.5, 0.6) is 0 Å². The Kier molecular flexibility index (Phi) is 4.82. The number of carbonyl (C=O) groups excluding carboxylic acids is 1. The van der Waals surface area contributed by atoms with Gasteiger partial charge in [0.05, 0.1) is 16.6 Å². The molecule has 0 spiro atoms. The largest absolute Gasteiger partial charge is 0.352 e. The molecule has 7 heteroatoms. The molecule has 1 saturated carbocycles. The minimum atomic E-state index is -1.22. The number of carbonyl (C=O) groups is 1. The maximum Gasteiger partial charge on any atom is 0.307 e. The summed E-state index contributed by atoms with van der Waals surface area (Å²) in [5, 5.41) is 13.0. The Hall–Kier alpha value is -2.05. The molecule has 0 radical (unpaired) electrons. The SMILES string of the molecule is O=C(NCCC1CCCC1)c1cc(F)c([N+](=O)[O-])cc1F. The monoisotopic (exact) mass is 298 g/mol. The molecule has 1 amide bonds. The van der Waals surface area contributed by atoms with Crippen molar-refractivity contribution in [3.8, 4) is 0 Å². The average molecular weight is 298 g/mol. The quantitative estimate of drug-likeness (QED) is 0.670. The molecule has 114 valence electrons. The fraction of sp³-hybridized carbons (Fsp3) is 0.500. The van der Waals surface area contributed by atoms with Gasteiger partial charge in [0.2, 0.25) is 5.82 Å². The van der Waals surface area contributed by atoms with E-state index in [4.69, 9.17) is 0 Å². The Morgan fingerprint density at radius 1 is 1.29 bits per heavy atom. The van der Waals surface area contributed by atoms with Gasteiger partial charge in [-0.2, -0.15) is 4.39 Å². The van der Waals surface area contributed by atoms with Crippen molar-refractivity contribution in [2.75, 3.05) is 6.54 Å². The van der Waals surface area contributed by atoms with Gasteiger partial charge in [0.25, 0.3) is 5.91 Å². The van der Waals surface area contributed by atoms with E-state index in [-0.39, 0.29) is 0 Å². The van der Waals surface area contributed by atoms with E-state index in [2.05, 4.69) is 5.32 Å². The summed E-state index contributed by atoms with van der Waals surface area (Å²) in [6.07, 6.45) is 5.47. The minimum absolute atomic E-state index is 0.390. The van der Waals surface area contributed by atoms with Gasteiger partial charge in [-0.1, -0.05) is 25.7 Å². The fourth-order valence-electron chi connectivity index (χ4n) is 2.63. The first-order valence-electron chi connectivity index (χ1n) is 6.90. The topological polar surface area (TPSA) is 72.2 Å². The number of hydrogen-bond donors (Lipinski definition) is 1. The van der Waals surface area contributed by atoms with Crippen LogP contribution >= 0.6 is 0 Å². The first kappa shape index (κ1) is 15.3. The maximum absolute atomic E-state index is 13.6. The van der Waals surface area contributed by atoms with E-state index in [1.807, 2.05) is 0 Å². The highest BCUT2D eigenvalue weighted by molar-refractivity contribution is 5.94. The first-order valence-corrected chi connectivity index (χ1v) is 6.90. The maximum atomic E-state index is 13.6. The lowest BCUT2D eigenvalue weighted by Crippen LogP contribution is -2.26. The molecule has 21 heavy (non-hydrogen) atoms. The molecule has 0 unspecified atom stereocenters. The van der Waals surface area contributed by atoms with Gasteiger partial charge in [0.1, 0.15) is 5.82 Å². The normalized spacial score (nSPS) is 15.1. The van der Waals surface area contributed by atoms with Crippen LogP contribution in [0.15, 0.2) is 12.1 Å². The van der Waals surface area contributed by atoms with Gasteiger partial charge in [-0.15, -0.1) is 0 Å². The molecule has 1 fully saturated rings. The van der Waals surface area contributed by atoms with Crippen LogP contribution in [0.25, 0.3) is 0 Å². The van der Waals surface area contributed by atoms with Gasteiger partial charge < -0.3 is 5.32 Å². The molecule has 0 atom stereocenters. The van der Waals surface area contributed by atoms with E-state index < -0.39 is 33.7 Å². The number of nitrogens with one attached hydrogen (secondary N) is 1. The summed E-state index contributed by atoms with van der Waals surface area (Å²) in [5.41, 5.74) is -1.49. The highest BCUT2D eigenvalue weighted by Crippen LogP contribution is 2.27. The highest BCUT2D eigenvalue weighted by atomic mass is 19.1. The molecule has 1 N–H and O–H groups in total. The minimum Gasteiger partial charge on any atom is -0.352 e. The Morgan fingerprint density at radius 2 is 1.95 bits per heavy atom. The Bertz CT molecular complexity index is 557. The molecular weight excluding hydrogens is 282 g/mol. The van der Waals surface area contributed by atoms with Gasteiger partial charge in [-0.25, -0.2) is 4.39 Å². The van der Waals surface area contributed by atoms with Crippen LogP contribution in [0.3, 0.4) is 0 Å². The van der Waals surface area contributed by atoms with Crippen molar-refractivity contribution in [3.05, 3.63) is 39.4 Å². The summed E-state index contributed by atoms with van der Waals surface area (Å²) in [5.74, 6) is -2.49. The van der Waals surface area contributed by atoms with Gasteiger partial charge >= 0.3 is 5.69 Å². The first-order chi connectivity index (χ1) is 9.99. The van der Waals surface area contributed by atoms with Gasteiger partial charge in [-0.3, -0.25) is 14.9 Å². The van der Waals surface area contributed by atoms with E-state index >= 15 is 0 Å². The van der Waals surface area contributed by atoms with Crippen molar-refractivity contribution in [2.24, 2.45) is 5.92 Å². The third-order valence-corrected chi connectivity index (χ3v) is 3.79. The van der Waals surface area contributed by atoms with Gasteiger partial charge in [0, 0.05) is 6.54 Å². The lowest BCUT2D eigenvalue weighted by Gasteiger charge is -2.10. The second-order valence-electron chi connectivity index (χ2n) is 5.24. The van der Waals surface area contributed by atoms with Crippen LogP contribution in [0.1, 0.15) is 42.5 Å². The average Bonchev–Trinajstić information content (AvgIpc) is 2.93. The van der Waals surface area contributed by atoms with Crippen LogP contribution in [-0.4, -0.2) is 17.4 Å². The molecular formula is C14H16F2N2O3. The summed E-state index contributed by atoms with van der Waals surface area (Å²) >= 11 is 0. The van der Waals surface area contributed by atoms with Crippen molar-refractivity contribution in [3.63, 3.8) is 0 Å². The Balaban J connectivity index is 1.98. The molecule has 2 rings (SSSR count). The number of hydrogen-bond acceptors (Lipinski definition) is 3. The van der Waals surface area contributed by atoms with Crippen LogP contribution in [0.2, 0.25) is 0 Å². The second kappa shape index (κ2) is 6.60. The number of nitro benzene ring substituents is 1. The van der Waals surface area contributed by atoms with E-state index in [0.717, 1.165) is 19.3 Å². The molecule has 5 nitrogen and oxygen atoms in total. The van der Waals surface area contributed by atoms with Crippen LogP contribution in [0, 0.1) is 27.7 Å². The summed E-state index contributed by atoms with van der Waals surface area (Å²) in [7, 11) is 0. The molecule has 0 heterocycles. The molecule has 0 aromatic heterocycles. The lowest BCUT2D eigenvalue weighted by molar-refractivity contribution is -0.387. The standard InChI is InChI=1S/C14H16F2N2O3/c15-11-8-13(18(20)21)12(16)7-10(11)14(19)17-6-5-9-3-1-2-4-9/h7-9H,1-6H2,(H,17,19). The van der Waals surface area contributed by atoms with Crippen LogP contribution in [0.4, 0.5) is 14.5 Å². The second-order valence-corrected chi connectivity index (χ2v) is 5.24. The number of nitro groups is 1. The molecule has 0 aliphatic heterocycles. The summed E-state index contributed by atoms with van der Waals surface area (Å²) in [6.45, 7) is 0.390. The predicted octanol–water partition coefficient (Wildman–Crippen LogP) is 3.18. The van der Waals surface area contributed by atoms with Crippen molar-refractivity contribution in [2.45, 2.75) is 32.1 Å². The van der Waals surface area contributed by atoms with Crippen molar-refractivity contribution >= 4 is 11.6 Å². The third-order valence-electron chi connectivity index (χ3n) is 3.79. The molecule has 1 aromatic rings. The zero-order chi connectivity index (χ0) is 15.4. The van der Waals surface area contributed by atoms with Crippen molar-refractivity contribution in [1.82, 2.24) is 5.32 Å². The summed E-state index contributed by atoms with van der Waals surface area (Å²) < 4.78 is 27.1. The summed E-state index contributed by atoms with van der Waals surface area (Å²) in [4.78, 5) is 21.2. The summed E-state index contributed by atoms with van der Waals surface area (Å²) in [6, 6.07) is 1.000. The number of halogens is 2. The van der Waals surface area contributed by atoms with Crippen LogP contribution < -0.4 is 5.32 Å². The molecule has 1 aromatic carbocycles. The lowest BCUT2D eigenvalue weighted by atomic mass is 10.0. The Morgan fingerprint density at radius 3 is 2.57 bits per heavy atom. The predicted molar refractivity (Wildman–Crippen MR) is 71.9 cm³/mol. The molecule has 0 saturated heterocycles. The molecule has 0 bridgehead atoms. The van der Waals surface area contributed by atoms with E-state index in [0.29, 0.717) is 24.6 Å². The number of rotatable bonds is 5. The smallest absolute Gasteiger partial charge is 0.307 e. The molecule has 1 aliphatic rings.